The smallest absolute Gasteiger partial charge is 0.231 e. The van der Waals surface area contributed by atoms with Gasteiger partial charge in [-0.25, -0.2) is 4.98 Å². The Bertz CT molecular complexity index is 2170. The molecule has 0 amide bonds. The van der Waals surface area contributed by atoms with E-state index in [0.717, 1.165) is 60.5 Å². The zero-order valence-electron chi connectivity index (χ0n) is 21.0. The number of aromatic nitrogens is 2. The summed E-state index contributed by atoms with van der Waals surface area (Å²) in [6.45, 7) is 0. The van der Waals surface area contributed by atoms with E-state index < -0.39 is 0 Å². The van der Waals surface area contributed by atoms with Crippen molar-refractivity contribution < 1.29 is 4.42 Å². The zero-order chi connectivity index (χ0) is 25.8. The number of hydrogen-bond donors (Lipinski definition) is 0. The van der Waals surface area contributed by atoms with E-state index in [9.17, 15) is 0 Å². The molecule has 0 unspecified atom stereocenters. The molecule has 3 nitrogen and oxygen atoms in total. The predicted molar refractivity (Wildman–Crippen MR) is 161 cm³/mol. The molecule has 0 radical (unpaired) electrons. The summed E-state index contributed by atoms with van der Waals surface area (Å²) in [5.41, 5.74) is 6.59. The molecule has 0 spiro atoms. The molecular formula is C36H22N2O. The molecule has 0 fully saturated rings. The van der Waals surface area contributed by atoms with Gasteiger partial charge in [-0.2, -0.15) is 4.98 Å². The highest BCUT2D eigenvalue weighted by atomic mass is 16.3. The molecule has 0 aliphatic carbocycles. The molecule has 8 rings (SSSR count). The Balaban J connectivity index is 1.48. The third-order valence-corrected chi connectivity index (χ3v) is 7.50. The van der Waals surface area contributed by atoms with Gasteiger partial charge in [-0.1, -0.05) is 121 Å². The van der Waals surface area contributed by atoms with Crippen molar-refractivity contribution in [3.05, 3.63) is 133 Å². The largest absolute Gasteiger partial charge is 0.438 e. The average Bonchev–Trinajstić information content (AvgIpc) is 3.40. The number of fused-ring (bicyclic) bond motifs is 6. The number of hydrogen-bond acceptors (Lipinski definition) is 3. The van der Waals surface area contributed by atoms with E-state index in [1.54, 1.807) is 0 Å². The summed E-state index contributed by atoms with van der Waals surface area (Å²) in [5.74, 6) is 0.645. The second-order valence-corrected chi connectivity index (χ2v) is 9.81. The van der Waals surface area contributed by atoms with Crippen LogP contribution in [-0.2, 0) is 0 Å². The Morgan fingerprint density at radius 3 is 2.00 bits per heavy atom. The van der Waals surface area contributed by atoms with Crippen LogP contribution in [0.2, 0.25) is 0 Å². The van der Waals surface area contributed by atoms with Gasteiger partial charge in [0.25, 0.3) is 0 Å². The lowest BCUT2D eigenvalue weighted by Gasteiger charge is -2.11. The van der Waals surface area contributed by atoms with E-state index in [0.29, 0.717) is 11.5 Å². The van der Waals surface area contributed by atoms with Crippen molar-refractivity contribution in [2.24, 2.45) is 0 Å². The molecule has 0 saturated heterocycles. The maximum absolute atomic E-state index is 6.46. The first-order valence-corrected chi connectivity index (χ1v) is 13.1. The fourth-order valence-corrected chi connectivity index (χ4v) is 5.66. The molecule has 2 aromatic heterocycles. The van der Waals surface area contributed by atoms with Crippen molar-refractivity contribution in [1.82, 2.24) is 9.97 Å². The van der Waals surface area contributed by atoms with Gasteiger partial charge in [0.15, 0.2) is 5.82 Å². The molecule has 6 aromatic carbocycles. The lowest BCUT2D eigenvalue weighted by molar-refractivity contribution is 0.654. The van der Waals surface area contributed by atoms with E-state index in [2.05, 4.69) is 121 Å². The lowest BCUT2D eigenvalue weighted by atomic mass is 9.97. The Morgan fingerprint density at radius 1 is 0.462 bits per heavy atom. The van der Waals surface area contributed by atoms with Gasteiger partial charge in [-0.05, 0) is 44.8 Å². The van der Waals surface area contributed by atoms with E-state index in [1.807, 2.05) is 12.1 Å². The third kappa shape index (κ3) is 3.52. The van der Waals surface area contributed by atoms with Crippen LogP contribution in [-0.4, -0.2) is 9.97 Å². The topological polar surface area (TPSA) is 38.9 Å². The fourth-order valence-electron chi connectivity index (χ4n) is 5.66. The van der Waals surface area contributed by atoms with Gasteiger partial charge < -0.3 is 4.42 Å². The molecule has 39 heavy (non-hydrogen) atoms. The van der Waals surface area contributed by atoms with Gasteiger partial charge in [0.1, 0.15) is 5.58 Å². The summed E-state index contributed by atoms with van der Waals surface area (Å²) in [6.07, 6.45) is 0. The van der Waals surface area contributed by atoms with Crippen molar-refractivity contribution in [2.75, 3.05) is 0 Å². The molecule has 0 N–H and O–H groups in total. The van der Waals surface area contributed by atoms with Crippen LogP contribution in [0.5, 0.6) is 0 Å². The normalized spacial score (nSPS) is 11.6. The second kappa shape index (κ2) is 8.64. The number of benzene rings is 6. The monoisotopic (exact) mass is 498 g/mol. The van der Waals surface area contributed by atoms with Crippen LogP contribution in [0.15, 0.2) is 138 Å². The van der Waals surface area contributed by atoms with Crippen molar-refractivity contribution in [3.63, 3.8) is 0 Å². The second-order valence-electron chi connectivity index (χ2n) is 9.81. The summed E-state index contributed by atoms with van der Waals surface area (Å²) in [7, 11) is 0. The van der Waals surface area contributed by atoms with E-state index in [-0.39, 0.29) is 0 Å². The van der Waals surface area contributed by atoms with Crippen LogP contribution in [0.3, 0.4) is 0 Å². The summed E-state index contributed by atoms with van der Waals surface area (Å²) in [4.78, 5) is 10.3. The average molecular weight is 499 g/mol. The van der Waals surface area contributed by atoms with Crippen LogP contribution in [0.25, 0.3) is 77.4 Å². The highest BCUT2D eigenvalue weighted by Crippen LogP contribution is 2.41. The Kier molecular flexibility index (Phi) is 4.82. The van der Waals surface area contributed by atoms with E-state index in [1.165, 1.54) is 5.39 Å². The van der Waals surface area contributed by atoms with Crippen LogP contribution >= 0.6 is 0 Å². The zero-order valence-corrected chi connectivity index (χ0v) is 21.0. The van der Waals surface area contributed by atoms with Crippen molar-refractivity contribution in [3.8, 4) is 33.8 Å². The highest BCUT2D eigenvalue weighted by Gasteiger charge is 2.21. The summed E-state index contributed by atoms with van der Waals surface area (Å²) < 4.78 is 6.46. The molecule has 0 atom stereocenters. The first-order chi connectivity index (χ1) is 19.3. The van der Waals surface area contributed by atoms with Crippen molar-refractivity contribution in [2.45, 2.75) is 0 Å². The SMILES string of the molecule is c1ccc(-c2cccc(-c3nc(-c4cccc5ccccc45)c4c(n3)oc3ccc5ccccc5c34)c2)cc1. The molecule has 0 aliphatic rings. The number of furan rings is 1. The first-order valence-electron chi connectivity index (χ1n) is 13.1. The van der Waals surface area contributed by atoms with Gasteiger partial charge in [-0.15, -0.1) is 0 Å². The molecule has 0 saturated carbocycles. The standard InChI is InChI=1S/C36H22N2O/c1-2-10-23(11-3-1)26-15-8-16-27(22-26)35-37-34(30-19-9-14-24-12-4-6-17-28(24)30)33-32-29-18-7-5-13-25(29)20-21-31(32)39-36(33)38-35/h1-22H. The van der Waals surface area contributed by atoms with Crippen LogP contribution in [0, 0.1) is 0 Å². The maximum Gasteiger partial charge on any atom is 0.231 e. The minimum absolute atomic E-state index is 0.597. The van der Waals surface area contributed by atoms with E-state index in [4.69, 9.17) is 14.4 Å². The molecule has 0 aliphatic heterocycles. The minimum Gasteiger partial charge on any atom is -0.438 e. The Hall–Kier alpha value is -5.28. The number of rotatable bonds is 3. The van der Waals surface area contributed by atoms with Gasteiger partial charge in [0, 0.05) is 16.5 Å². The van der Waals surface area contributed by atoms with E-state index >= 15 is 0 Å². The Labute approximate surface area is 225 Å². The van der Waals surface area contributed by atoms with Crippen LogP contribution in [0.1, 0.15) is 0 Å². The molecule has 3 heteroatoms. The summed E-state index contributed by atoms with van der Waals surface area (Å²) in [6, 6.07) is 46.2. The van der Waals surface area contributed by atoms with Crippen LogP contribution in [0.4, 0.5) is 0 Å². The molecule has 8 aromatic rings. The quantitative estimate of drug-likeness (QED) is 0.243. The molecule has 0 bridgehead atoms. The molecule has 182 valence electrons. The molecule has 2 heterocycles. The van der Waals surface area contributed by atoms with Crippen molar-refractivity contribution >= 4 is 43.6 Å². The lowest BCUT2D eigenvalue weighted by Crippen LogP contribution is -1.95. The highest BCUT2D eigenvalue weighted by molar-refractivity contribution is 6.22. The maximum atomic E-state index is 6.46. The molecular weight excluding hydrogens is 476 g/mol. The van der Waals surface area contributed by atoms with Gasteiger partial charge in [0.05, 0.1) is 11.1 Å². The predicted octanol–water partition coefficient (Wildman–Crippen LogP) is 9.68. The van der Waals surface area contributed by atoms with Gasteiger partial charge in [0.2, 0.25) is 5.71 Å². The first kappa shape index (κ1) is 21.8. The summed E-state index contributed by atoms with van der Waals surface area (Å²) >= 11 is 0. The number of nitrogens with zero attached hydrogens (tertiary/aromatic N) is 2. The Morgan fingerprint density at radius 2 is 1.13 bits per heavy atom. The summed E-state index contributed by atoms with van der Waals surface area (Å²) in [5, 5.41) is 6.62. The third-order valence-electron chi connectivity index (χ3n) is 7.50. The minimum atomic E-state index is 0.597. The van der Waals surface area contributed by atoms with Gasteiger partial charge in [-0.3, -0.25) is 0 Å². The fraction of sp³-hybridized carbons (Fsp3) is 0. The van der Waals surface area contributed by atoms with Gasteiger partial charge >= 0.3 is 0 Å². The van der Waals surface area contributed by atoms with Crippen molar-refractivity contribution in [1.29, 1.82) is 0 Å². The van der Waals surface area contributed by atoms with Crippen LogP contribution < -0.4 is 0 Å².